The van der Waals surface area contributed by atoms with Gasteiger partial charge in [0.15, 0.2) is 0 Å². The Bertz CT molecular complexity index is 566. The van der Waals surface area contributed by atoms with E-state index in [0.717, 1.165) is 37.2 Å². The van der Waals surface area contributed by atoms with Gasteiger partial charge in [0.1, 0.15) is 5.75 Å². The normalized spacial score (nSPS) is 26.3. The van der Waals surface area contributed by atoms with Crippen molar-refractivity contribution in [2.24, 2.45) is 5.92 Å². The first-order chi connectivity index (χ1) is 10.5. The summed E-state index contributed by atoms with van der Waals surface area (Å²) in [5.41, 5.74) is 0.719. The Kier molecular flexibility index (Phi) is 3.89. The molecule has 1 heterocycles. The number of carbonyl (C=O) groups excluding carboxylic acids is 1. The van der Waals surface area contributed by atoms with Crippen molar-refractivity contribution in [2.45, 2.75) is 31.2 Å². The lowest BCUT2D eigenvalue weighted by Crippen LogP contribution is -2.40. The van der Waals surface area contributed by atoms with Crippen molar-refractivity contribution in [3.63, 3.8) is 0 Å². The molecule has 0 radical (unpaired) electrons. The lowest BCUT2D eigenvalue weighted by Gasteiger charge is -2.26. The third kappa shape index (κ3) is 2.39. The minimum Gasteiger partial charge on any atom is -0.496 e. The van der Waals surface area contributed by atoms with Gasteiger partial charge in [-0.05, 0) is 38.9 Å². The summed E-state index contributed by atoms with van der Waals surface area (Å²) in [5, 5.41) is 0. The number of likely N-dealkylation sites (N-methyl/N-ethyl adjacent to an activating group) is 1. The average molecular weight is 302 g/mol. The summed E-state index contributed by atoms with van der Waals surface area (Å²) >= 11 is 0. The molecule has 2 aliphatic rings. The van der Waals surface area contributed by atoms with Gasteiger partial charge in [0, 0.05) is 24.7 Å². The van der Waals surface area contributed by atoms with Crippen LogP contribution in [0, 0.1) is 5.92 Å². The van der Waals surface area contributed by atoms with Gasteiger partial charge in [-0.25, -0.2) is 0 Å². The number of hydrogen-bond acceptors (Lipinski definition) is 3. The molecule has 22 heavy (non-hydrogen) atoms. The molecule has 4 heteroatoms. The zero-order valence-corrected chi connectivity index (χ0v) is 14.0. The quantitative estimate of drug-likeness (QED) is 0.854. The van der Waals surface area contributed by atoms with E-state index in [1.807, 2.05) is 24.3 Å². The Hall–Kier alpha value is -1.55. The lowest BCUT2D eigenvalue weighted by atomic mass is 9.93. The highest BCUT2D eigenvalue weighted by Gasteiger charge is 2.55. The van der Waals surface area contributed by atoms with Crippen LogP contribution < -0.4 is 4.74 Å². The summed E-state index contributed by atoms with van der Waals surface area (Å²) in [7, 11) is 5.88. The van der Waals surface area contributed by atoms with Crippen molar-refractivity contribution < 1.29 is 9.53 Å². The Morgan fingerprint density at radius 2 is 1.95 bits per heavy atom. The van der Waals surface area contributed by atoms with E-state index in [0.29, 0.717) is 12.0 Å². The number of amides is 1. The largest absolute Gasteiger partial charge is 0.496 e. The summed E-state index contributed by atoms with van der Waals surface area (Å²) in [6, 6.07) is 8.42. The van der Waals surface area contributed by atoms with E-state index in [1.54, 1.807) is 7.11 Å². The molecule has 0 N–H and O–H groups in total. The summed E-state index contributed by atoms with van der Waals surface area (Å²) in [5.74, 6) is 1.64. The van der Waals surface area contributed by atoms with Crippen LogP contribution in [0.1, 0.15) is 25.3 Å². The molecule has 1 aliphatic heterocycles. The van der Waals surface area contributed by atoms with Gasteiger partial charge in [0.05, 0.1) is 12.5 Å². The molecule has 120 valence electrons. The average Bonchev–Trinajstić information content (AvgIpc) is 3.23. The molecule has 4 nitrogen and oxygen atoms in total. The van der Waals surface area contributed by atoms with Gasteiger partial charge in [-0.3, -0.25) is 4.79 Å². The van der Waals surface area contributed by atoms with Crippen molar-refractivity contribution in [3.8, 4) is 5.75 Å². The minimum absolute atomic E-state index is 0.285. The fraction of sp³-hybridized carbons (Fsp3) is 0.611. The summed E-state index contributed by atoms with van der Waals surface area (Å²) in [4.78, 5) is 17.5. The van der Waals surface area contributed by atoms with Crippen LogP contribution in [0.25, 0.3) is 0 Å². The van der Waals surface area contributed by atoms with E-state index in [9.17, 15) is 4.79 Å². The topological polar surface area (TPSA) is 32.8 Å². The first-order valence-corrected chi connectivity index (χ1v) is 8.09. The van der Waals surface area contributed by atoms with Gasteiger partial charge in [0.25, 0.3) is 0 Å². The highest BCUT2D eigenvalue weighted by Crippen LogP contribution is 2.53. The van der Waals surface area contributed by atoms with E-state index in [4.69, 9.17) is 4.74 Å². The fourth-order valence-electron chi connectivity index (χ4n) is 3.85. The molecule has 0 aromatic heterocycles. The molecule has 2 unspecified atom stereocenters. The number of methoxy groups -OCH3 is 1. The Morgan fingerprint density at radius 1 is 1.27 bits per heavy atom. The van der Waals surface area contributed by atoms with Gasteiger partial charge in [-0.1, -0.05) is 25.1 Å². The Balaban J connectivity index is 1.83. The maximum Gasteiger partial charge on any atom is 0.233 e. The number of carbonyl (C=O) groups is 1. The predicted octanol–water partition coefficient (Wildman–Crippen LogP) is 2.14. The van der Waals surface area contributed by atoms with Gasteiger partial charge in [-0.15, -0.1) is 0 Å². The van der Waals surface area contributed by atoms with Crippen LogP contribution in [-0.2, 0) is 10.2 Å². The molecule has 2 fully saturated rings. The molecule has 0 bridgehead atoms. The van der Waals surface area contributed by atoms with E-state index < -0.39 is 0 Å². The summed E-state index contributed by atoms with van der Waals surface area (Å²) in [6.45, 7) is 3.93. The number of rotatable bonds is 4. The molecule has 1 saturated carbocycles. The number of nitrogens with zero attached hydrogens (tertiary/aromatic N) is 2. The van der Waals surface area contributed by atoms with Crippen LogP contribution in [0.4, 0.5) is 0 Å². The van der Waals surface area contributed by atoms with E-state index in [1.165, 1.54) is 0 Å². The van der Waals surface area contributed by atoms with Gasteiger partial charge in [0.2, 0.25) is 5.91 Å². The zero-order valence-electron chi connectivity index (χ0n) is 14.0. The first kappa shape index (κ1) is 15.3. The van der Waals surface area contributed by atoms with Crippen LogP contribution in [0.3, 0.4) is 0 Å². The minimum atomic E-state index is -0.340. The van der Waals surface area contributed by atoms with Crippen LogP contribution in [0.5, 0.6) is 5.75 Å². The van der Waals surface area contributed by atoms with Gasteiger partial charge >= 0.3 is 0 Å². The maximum atomic E-state index is 13.2. The Morgan fingerprint density at radius 3 is 2.50 bits per heavy atom. The number of para-hydroxylation sites is 1. The third-order valence-corrected chi connectivity index (χ3v) is 5.31. The molecule has 1 aliphatic carbocycles. The molecule has 0 spiro atoms. The standard InChI is InChI=1S/C18H26N2O2/c1-13-11-20(12-15(13)19(2)3)17(21)18(9-10-18)14-7-5-6-8-16(14)22-4/h5-8,13,15H,9-12H2,1-4H3. The second-order valence-corrected chi connectivity index (χ2v) is 7.00. The molecular weight excluding hydrogens is 276 g/mol. The monoisotopic (exact) mass is 302 g/mol. The number of ether oxygens (including phenoxy) is 1. The van der Waals surface area contributed by atoms with Crippen molar-refractivity contribution >= 4 is 5.91 Å². The van der Waals surface area contributed by atoms with Gasteiger partial charge < -0.3 is 14.5 Å². The second kappa shape index (κ2) is 5.58. The van der Waals surface area contributed by atoms with Crippen molar-refractivity contribution in [1.29, 1.82) is 0 Å². The Labute approximate surface area is 133 Å². The summed E-state index contributed by atoms with van der Waals surface area (Å²) < 4.78 is 5.49. The van der Waals surface area contributed by atoms with Crippen molar-refractivity contribution in [3.05, 3.63) is 29.8 Å². The molecule has 1 aromatic rings. The molecule has 1 saturated heterocycles. The third-order valence-electron chi connectivity index (χ3n) is 5.31. The number of hydrogen-bond donors (Lipinski definition) is 0. The van der Waals surface area contributed by atoms with Crippen molar-refractivity contribution in [2.75, 3.05) is 34.3 Å². The second-order valence-electron chi connectivity index (χ2n) is 7.00. The highest BCUT2D eigenvalue weighted by atomic mass is 16.5. The molecule has 3 rings (SSSR count). The fourth-order valence-corrected chi connectivity index (χ4v) is 3.85. The van der Waals surface area contributed by atoms with E-state index in [2.05, 4.69) is 30.8 Å². The number of benzene rings is 1. The lowest BCUT2D eigenvalue weighted by molar-refractivity contribution is -0.133. The SMILES string of the molecule is COc1ccccc1C1(C(=O)N2CC(C)C(N(C)C)C2)CC1. The summed E-state index contributed by atoms with van der Waals surface area (Å²) in [6.07, 6.45) is 1.87. The molecule has 1 aromatic carbocycles. The predicted molar refractivity (Wildman–Crippen MR) is 87.1 cm³/mol. The highest BCUT2D eigenvalue weighted by molar-refractivity contribution is 5.92. The van der Waals surface area contributed by atoms with Gasteiger partial charge in [-0.2, -0.15) is 0 Å². The maximum absolute atomic E-state index is 13.2. The van der Waals surface area contributed by atoms with E-state index >= 15 is 0 Å². The molecular formula is C18H26N2O2. The van der Waals surface area contributed by atoms with Crippen LogP contribution in [-0.4, -0.2) is 56.0 Å². The first-order valence-electron chi connectivity index (χ1n) is 8.09. The van der Waals surface area contributed by atoms with Crippen LogP contribution in [0.15, 0.2) is 24.3 Å². The number of likely N-dealkylation sites (tertiary alicyclic amines) is 1. The van der Waals surface area contributed by atoms with Crippen LogP contribution in [0.2, 0.25) is 0 Å². The molecule has 1 amide bonds. The van der Waals surface area contributed by atoms with E-state index in [-0.39, 0.29) is 11.3 Å². The smallest absolute Gasteiger partial charge is 0.233 e. The van der Waals surface area contributed by atoms with Crippen LogP contribution >= 0.6 is 0 Å². The van der Waals surface area contributed by atoms with Crippen molar-refractivity contribution in [1.82, 2.24) is 9.80 Å². The molecule has 2 atom stereocenters. The zero-order chi connectivity index (χ0) is 15.9.